The van der Waals surface area contributed by atoms with Crippen molar-refractivity contribution in [1.29, 1.82) is 0 Å². The maximum Gasteiger partial charge on any atom is 0.508 e. The largest absolute Gasteiger partial charge is 0.508 e. The molecular formula is C26H30FNO5P+. The molecule has 180 valence electrons. The number of aliphatic hydroxyl groups is 1. The third-order valence-corrected chi connectivity index (χ3v) is 6.64. The number of pyridine rings is 1. The number of carbonyl (C=O) groups excluding carboxylic acids is 1. The molecule has 8 heteroatoms. The first-order valence-corrected chi connectivity index (χ1v) is 13.0. The number of hydrogen-bond donors (Lipinski definition) is 2. The van der Waals surface area contributed by atoms with E-state index in [1.54, 1.807) is 12.1 Å². The Labute approximate surface area is 200 Å². The second-order valence-corrected chi connectivity index (χ2v) is 10.0. The van der Waals surface area contributed by atoms with Gasteiger partial charge in [0, 0.05) is 17.2 Å². The topological polar surface area (TPSA) is 96.7 Å². The molecule has 1 aromatic carbocycles. The first kappa shape index (κ1) is 26.0. The number of rotatable bonds is 7. The third kappa shape index (κ3) is 7.17. The highest BCUT2D eigenvalue weighted by Gasteiger charge is 2.23. The summed E-state index contributed by atoms with van der Waals surface area (Å²) in [5, 5.41) is 9.66. The zero-order valence-corrected chi connectivity index (χ0v) is 20.4. The summed E-state index contributed by atoms with van der Waals surface area (Å²) in [4.78, 5) is 25.8. The minimum atomic E-state index is -2.55. The number of hydrogen-bond acceptors (Lipinski definition) is 5. The molecule has 1 aliphatic rings. The van der Waals surface area contributed by atoms with E-state index < -0.39 is 32.7 Å². The van der Waals surface area contributed by atoms with Gasteiger partial charge < -0.3 is 9.84 Å². The highest BCUT2D eigenvalue weighted by atomic mass is 31.1. The van der Waals surface area contributed by atoms with E-state index >= 15 is 0 Å². The van der Waals surface area contributed by atoms with Gasteiger partial charge in [0.1, 0.15) is 18.0 Å². The average Bonchev–Trinajstić information content (AvgIpc) is 2.79. The van der Waals surface area contributed by atoms with Crippen LogP contribution in [0.3, 0.4) is 0 Å². The molecule has 1 aliphatic carbocycles. The van der Waals surface area contributed by atoms with Crippen LogP contribution in [-0.4, -0.2) is 33.2 Å². The number of aliphatic hydroxyl groups excluding tert-OH is 1. The summed E-state index contributed by atoms with van der Waals surface area (Å²) < 4.78 is 29.4. The Bertz CT molecular complexity index is 1080. The predicted molar refractivity (Wildman–Crippen MR) is 128 cm³/mol. The zero-order chi connectivity index (χ0) is 24.7. The van der Waals surface area contributed by atoms with E-state index in [1.807, 2.05) is 19.9 Å². The Morgan fingerprint density at radius 3 is 2.53 bits per heavy atom. The van der Waals surface area contributed by atoms with Gasteiger partial charge in [0.25, 0.3) is 0 Å². The van der Waals surface area contributed by atoms with E-state index in [1.165, 1.54) is 31.4 Å². The molecule has 34 heavy (non-hydrogen) atoms. The van der Waals surface area contributed by atoms with Crippen LogP contribution in [0.15, 0.2) is 30.3 Å². The van der Waals surface area contributed by atoms with Crippen molar-refractivity contribution in [3.63, 3.8) is 0 Å². The molecule has 0 amide bonds. The lowest BCUT2D eigenvalue weighted by atomic mass is 9.84. The van der Waals surface area contributed by atoms with E-state index in [4.69, 9.17) is 14.6 Å². The second kappa shape index (κ2) is 12.2. The number of ether oxygens (including phenoxy) is 1. The lowest BCUT2D eigenvalue weighted by Crippen LogP contribution is -2.16. The molecule has 3 rings (SSSR count). The summed E-state index contributed by atoms with van der Waals surface area (Å²) >= 11 is 0. The molecule has 0 saturated heterocycles. The molecule has 0 aliphatic heterocycles. The fraction of sp³-hybridized carbons (Fsp3) is 0.462. The average molecular weight is 487 g/mol. The van der Waals surface area contributed by atoms with Gasteiger partial charge in [-0.1, -0.05) is 45.2 Å². The summed E-state index contributed by atoms with van der Waals surface area (Å²) in [5.74, 6) is 2.20. The summed E-state index contributed by atoms with van der Waals surface area (Å²) in [5.41, 5.74) is 3.99. The summed E-state index contributed by atoms with van der Waals surface area (Å²) in [7, 11) is -2.55. The fourth-order valence-electron chi connectivity index (χ4n) is 4.21. The summed E-state index contributed by atoms with van der Waals surface area (Å²) in [6, 6.07) is 8.21. The first-order valence-electron chi connectivity index (χ1n) is 11.6. The van der Waals surface area contributed by atoms with Crippen LogP contribution in [0, 0.1) is 17.8 Å². The molecule has 0 radical (unpaired) electrons. The molecular weight excluding hydrogens is 456 g/mol. The second-order valence-electron chi connectivity index (χ2n) is 8.95. The molecule has 1 saturated carbocycles. The molecule has 0 spiro atoms. The van der Waals surface area contributed by atoms with Crippen molar-refractivity contribution in [1.82, 2.24) is 4.98 Å². The maximum absolute atomic E-state index is 13.6. The van der Waals surface area contributed by atoms with Crippen LogP contribution in [-0.2, 0) is 14.1 Å². The number of esters is 1. The number of carbonyl (C=O) groups is 1. The predicted octanol–water partition coefficient (Wildman–Crippen LogP) is 5.40. The Kier molecular flexibility index (Phi) is 9.29. The molecule has 2 unspecified atom stereocenters. The number of aromatic nitrogens is 1. The van der Waals surface area contributed by atoms with Gasteiger partial charge in [0.05, 0.1) is 17.7 Å². The molecule has 2 N–H and O–H groups in total. The minimum Gasteiger partial charge on any atom is -0.388 e. The van der Waals surface area contributed by atoms with Crippen LogP contribution < -0.4 is 0 Å². The monoisotopic (exact) mass is 486 g/mol. The number of benzene rings is 1. The fourth-order valence-corrected chi connectivity index (χ4v) is 4.70. The van der Waals surface area contributed by atoms with Crippen molar-refractivity contribution < 1.29 is 28.5 Å². The summed E-state index contributed by atoms with van der Waals surface area (Å²) in [6.07, 6.45) is 6.03. The van der Waals surface area contributed by atoms with Crippen molar-refractivity contribution >= 4 is 14.0 Å². The standard InChI is InChI=1S/C26H29FNO5P/c1-17(2)26-22(12-13-33-25(30)14-21(29)16-34(31)32)23(18-8-10-20(27)11-9-18)15-24(28-26)19-6-4-3-5-7-19/h8-11,15,17,19,21,29H,3-7,14,16H2,1-2H3/p+1. The minimum absolute atomic E-state index is 0.0467. The van der Waals surface area contributed by atoms with Crippen LogP contribution in [0.5, 0.6) is 0 Å². The van der Waals surface area contributed by atoms with Gasteiger partial charge in [0.15, 0.2) is 0 Å². The maximum atomic E-state index is 13.6. The highest BCUT2D eigenvalue weighted by molar-refractivity contribution is 7.38. The lowest BCUT2D eigenvalue weighted by molar-refractivity contribution is -0.138. The Balaban J connectivity index is 1.98. The van der Waals surface area contributed by atoms with Gasteiger partial charge in [-0.05, 0) is 53.0 Å². The van der Waals surface area contributed by atoms with Gasteiger partial charge in [0.2, 0.25) is 6.16 Å². The Morgan fingerprint density at radius 1 is 1.24 bits per heavy atom. The van der Waals surface area contributed by atoms with Crippen LogP contribution in [0.1, 0.15) is 81.2 Å². The lowest BCUT2D eigenvalue weighted by Gasteiger charge is -2.24. The molecule has 1 heterocycles. The molecule has 2 atom stereocenters. The van der Waals surface area contributed by atoms with Crippen molar-refractivity contribution in [2.75, 3.05) is 6.16 Å². The highest BCUT2D eigenvalue weighted by Crippen LogP contribution is 2.37. The van der Waals surface area contributed by atoms with Crippen molar-refractivity contribution in [2.24, 2.45) is 0 Å². The van der Waals surface area contributed by atoms with Gasteiger partial charge in [-0.3, -0.25) is 9.78 Å². The molecule has 1 aromatic heterocycles. The normalized spacial score (nSPS) is 15.4. The van der Waals surface area contributed by atoms with Gasteiger partial charge in [-0.15, -0.1) is 0 Å². The first-order chi connectivity index (χ1) is 16.2. The molecule has 1 fully saturated rings. The van der Waals surface area contributed by atoms with Gasteiger partial charge in [-0.25, -0.2) is 4.39 Å². The van der Waals surface area contributed by atoms with E-state index in [9.17, 15) is 18.9 Å². The number of halogens is 1. The zero-order valence-electron chi connectivity index (χ0n) is 19.5. The van der Waals surface area contributed by atoms with E-state index in [2.05, 4.69) is 12.0 Å². The smallest absolute Gasteiger partial charge is 0.388 e. The van der Waals surface area contributed by atoms with Gasteiger partial charge in [-0.2, -0.15) is 4.89 Å². The molecule has 6 nitrogen and oxygen atoms in total. The van der Waals surface area contributed by atoms with E-state index in [0.29, 0.717) is 11.5 Å². The van der Waals surface area contributed by atoms with Crippen LogP contribution in [0.25, 0.3) is 11.1 Å². The van der Waals surface area contributed by atoms with Crippen LogP contribution in [0.4, 0.5) is 4.39 Å². The van der Waals surface area contributed by atoms with E-state index in [0.717, 1.165) is 35.4 Å². The van der Waals surface area contributed by atoms with Crippen LogP contribution >= 0.6 is 8.03 Å². The van der Waals surface area contributed by atoms with Gasteiger partial charge >= 0.3 is 14.0 Å². The Hall–Kier alpha value is -2.65. The number of nitrogens with zero attached hydrogens (tertiary/aromatic N) is 1. The molecule has 0 bridgehead atoms. The van der Waals surface area contributed by atoms with Crippen LogP contribution in [0.2, 0.25) is 0 Å². The summed E-state index contributed by atoms with van der Waals surface area (Å²) in [6.45, 7) is 4.04. The van der Waals surface area contributed by atoms with Crippen molar-refractivity contribution in [3.05, 3.63) is 53.1 Å². The quantitative estimate of drug-likeness (QED) is 0.309. The SMILES string of the molecule is CC(C)c1nc(C2CCCCC2)cc(-c2ccc(F)cc2)c1C#COC(=O)CC(O)C[P+](=O)O. The van der Waals surface area contributed by atoms with E-state index in [-0.39, 0.29) is 11.7 Å². The third-order valence-electron chi connectivity index (χ3n) is 5.90. The van der Waals surface area contributed by atoms with Crippen molar-refractivity contribution in [2.45, 2.75) is 70.3 Å². The van der Waals surface area contributed by atoms with Crippen molar-refractivity contribution in [3.8, 4) is 23.2 Å². The Morgan fingerprint density at radius 2 is 1.91 bits per heavy atom. The molecule has 2 aromatic rings.